The maximum atomic E-state index is 14.0. The zero-order valence-electron chi connectivity index (χ0n) is 19.0. The summed E-state index contributed by atoms with van der Waals surface area (Å²) in [5.74, 6) is 0.791. The molecule has 0 fully saturated rings. The Morgan fingerprint density at radius 1 is 0.750 bits per heavy atom. The lowest BCUT2D eigenvalue weighted by atomic mass is 10.1. The second-order valence-corrected chi connectivity index (χ2v) is 10.0. The van der Waals surface area contributed by atoms with E-state index in [1.165, 1.54) is 0 Å². The van der Waals surface area contributed by atoms with Crippen molar-refractivity contribution in [2.24, 2.45) is 0 Å². The molecule has 0 N–H and O–H groups in total. The summed E-state index contributed by atoms with van der Waals surface area (Å²) in [7, 11) is -3.70. The molecule has 0 heterocycles. The van der Waals surface area contributed by atoms with Crippen molar-refractivity contribution in [3.05, 3.63) is 96.1 Å². The van der Waals surface area contributed by atoms with Crippen molar-refractivity contribution < 1.29 is 18.4 Å². The summed E-state index contributed by atoms with van der Waals surface area (Å²) in [6.07, 6.45) is -0.0390. The Bertz CT molecular complexity index is 1010. The van der Waals surface area contributed by atoms with Gasteiger partial charge in [-0.05, 0) is 63.6 Å². The molecular weight excluding hydrogens is 421 g/mol. The summed E-state index contributed by atoms with van der Waals surface area (Å²) in [6, 6.07) is 25.2. The smallest absolute Gasteiger partial charge is 0.416 e. The second kappa shape index (κ2) is 10.5. The Balaban J connectivity index is 1.98. The number of carbonyl (C=O) groups excluding carboxylic acids is 1. The number of carbonyl (C=O) groups is 1. The molecule has 0 saturated carbocycles. The first-order valence-electron chi connectivity index (χ1n) is 10.8. The van der Waals surface area contributed by atoms with Crippen LogP contribution in [-0.4, -0.2) is 22.9 Å². The predicted molar refractivity (Wildman–Crippen MR) is 128 cm³/mol. The molecule has 0 aliphatic carbocycles. The van der Waals surface area contributed by atoms with Crippen LogP contribution in [0.25, 0.3) is 0 Å². The largest absolute Gasteiger partial charge is 0.435 e. The number of hydrogen-bond acceptors (Lipinski definition) is 4. The van der Waals surface area contributed by atoms with Crippen molar-refractivity contribution in [3.63, 3.8) is 0 Å². The van der Waals surface area contributed by atoms with Crippen molar-refractivity contribution in [2.45, 2.75) is 45.9 Å². The number of amides is 1. The lowest BCUT2D eigenvalue weighted by Crippen LogP contribution is -2.42. The van der Waals surface area contributed by atoms with Crippen LogP contribution in [0, 0.1) is 0 Å². The zero-order chi connectivity index (χ0) is 23.1. The normalized spacial score (nSPS) is 11.4. The fourth-order valence-corrected chi connectivity index (χ4v) is 5.39. The van der Waals surface area contributed by atoms with Crippen molar-refractivity contribution in [1.82, 2.24) is 4.90 Å². The number of para-hydroxylation sites is 2. The van der Waals surface area contributed by atoms with Crippen LogP contribution in [0.3, 0.4) is 0 Å². The van der Waals surface area contributed by atoms with Gasteiger partial charge in [0.05, 0.1) is 6.16 Å². The maximum Gasteiger partial charge on any atom is 0.435 e. The SMILES string of the molecule is CC(C)N(C(=O)c1ccccc1CP(=O)(Oc1ccccc1)Oc1ccccc1)C(C)C. The molecule has 0 unspecified atom stereocenters. The minimum absolute atomic E-state index is 0.0310. The third kappa shape index (κ3) is 6.02. The van der Waals surface area contributed by atoms with E-state index in [-0.39, 0.29) is 24.2 Å². The molecule has 0 saturated heterocycles. The summed E-state index contributed by atoms with van der Waals surface area (Å²) in [5.41, 5.74) is 1.13. The third-order valence-electron chi connectivity index (χ3n) is 4.93. The highest BCUT2D eigenvalue weighted by Crippen LogP contribution is 2.51. The van der Waals surface area contributed by atoms with Gasteiger partial charge in [0.15, 0.2) is 0 Å². The van der Waals surface area contributed by atoms with Crippen molar-refractivity contribution in [1.29, 1.82) is 0 Å². The lowest BCUT2D eigenvalue weighted by Gasteiger charge is -2.31. The van der Waals surface area contributed by atoms with Crippen LogP contribution in [0.4, 0.5) is 0 Å². The average molecular weight is 452 g/mol. The molecule has 168 valence electrons. The van der Waals surface area contributed by atoms with Crippen LogP contribution in [0.5, 0.6) is 11.5 Å². The molecule has 3 rings (SSSR count). The van der Waals surface area contributed by atoms with Crippen LogP contribution in [0.2, 0.25) is 0 Å². The van der Waals surface area contributed by atoms with Crippen molar-refractivity contribution in [3.8, 4) is 11.5 Å². The minimum Gasteiger partial charge on any atom is -0.416 e. The molecule has 0 atom stereocenters. The molecule has 3 aromatic carbocycles. The quantitative estimate of drug-likeness (QED) is 0.336. The first-order valence-corrected chi connectivity index (χ1v) is 12.5. The van der Waals surface area contributed by atoms with Crippen molar-refractivity contribution in [2.75, 3.05) is 0 Å². The van der Waals surface area contributed by atoms with Crippen LogP contribution < -0.4 is 9.05 Å². The van der Waals surface area contributed by atoms with E-state index in [0.29, 0.717) is 22.6 Å². The summed E-state index contributed by atoms with van der Waals surface area (Å²) >= 11 is 0. The molecule has 0 aliphatic heterocycles. The molecule has 1 amide bonds. The van der Waals surface area contributed by atoms with E-state index in [1.807, 2.05) is 81.1 Å². The monoisotopic (exact) mass is 451 g/mol. The second-order valence-electron chi connectivity index (χ2n) is 8.13. The van der Waals surface area contributed by atoms with Crippen molar-refractivity contribution >= 4 is 13.5 Å². The van der Waals surface area contributed by atoms with Gasteiger partial charge in [0, 0.05) is 17.6 Å². The molecule has 3 aromatic rings. The first kappa shape index (κ1) is 23.6. The van der Waals surface area contributed by atoms with Gasteiger partial charge in [0.1, 0.15) is 11.5 Å². The first-order chi connectivity index (χ1) is 15.3. The molecule has 0 radical (unpaired) electrons. The van der Waals surface area contributed by atoms with Gasteiger partial charge in [0.2, 0.25) is 0 Å². The Kier molecular flexibility index (Phi) is 7.76. The van der Waals surface area contributed by atoms with Crippen LogP contribution in [0.15, 0.2) is 84.9 Å². The number of hydrogen-bond donors (Lipinski definition) is 0. The predicted octanol–water partition coefficient (Wildman–Crippen LogP) is 6.80. The van der Waals surface area contributed by atoms with Crippen LogP contribution in [0.1, 0.15) is 43.6 Å². The maximum absolute atomic E-state index is 14.0. The van der Waals surface area contributed by atoms with Gasteiger partial charge in [-0.15, -0.1) is 0 Å². The fraction of sp³-hybridized carbons (Fsp3) is 0.269. The standard InChI is InChI=1S/C26H30NO4P/c1-20(2)27(21(3)4)26(28)25-18-12-11-13-22(25)19-32(29,30-23-14-7-5-8-15-23)31-24-16-9-6-10-17-24/h5-18,20-21H,19H2,1-4H3. The summed E-state index contributed by atoms with van der Waals surface area (Å²) in [6.45, 7) is 7.95. The van der Waals surface area contributed by atoms with E-state index in [4.69, 9.17) is 9.05 Å². The molecule has 32 heavy (non-hydrogen) atoms. The van der Waals surface area contributed by atoms with Gasteiger partial charge < -0.3 is 13.9 Å². The van der Waals surface area contributed by atoms with E-state index in [2.05, 4.69) is 0 Å². The van der Waals surface area contributed by atoms with Gasteiger partial charge in [-0.3, -0.25) is 4.79 Å². The van der Waals surface area contributed by atoms with Crippen LogP contribution in [-0.2, 0) is 10.7 Å². The zero-order valence-corrected chi connectivity index (χ0v) is 19.9. The molecule has 6 heteroatoms. The molecule has 0 bridgehead atoms. The molecule has 0 aliphatic rings. The van der Waals surface area contributed by atoms with Gasteiger partial charge in [-0.2, -0.15) is 0 Å². The summed E-state index contributed by atoms with van der Waals surface area (Å²) in [5, 5.41) is 0. The lowest BCUT2D eigenvalue weighted by molar-refractivity contribution is 0.0643. The summed E-state index contributed by atoms with van der Waals surface area (Å²) < 4.78 is 25.8. The highest BCUT2D eigenvalue weighted by molar-refractivity contribution is 7.53. The topological polar surface area (TPSA) is 55.8 Å². The molecular formula is C26H30NO4P. The van der Waals surface area contributed by atoms with E-state index in [9.17, 15) is 9.36 Å². The average Bonchev–Trinajstić information content (AvgIpc) is 2.74. The van der Waals surface area contributed by atoms with E-state index in [1.54, 1.807) is 36.4 Å². The van der Waals surface area contributed by atoms with Gasteiger partial charge >= 0.3 is 7.60 Å². The fourth-order valence-electron chi connectivity index (χ4n) is 3.65. The Morgan fingerprint density at radius 2 is 1.19 bits per heavy atom. The third-order valence-corrected chi connectivity index (χ3v) is 6.64. The van der Waals surface area contributed by atoms with Crippen LogP contribution >= 0.6 is 7.60 Å². The summed E-state index contributed by atoms with van der Waals surface area (Å²) in [4.78, 5) is 15.2. The molecule has 0 aromatic heterocycles. The van der Waals surface area contributed by atoms with E-state index >= 15 is 0 Å². The molecule has 0 spiro atoms. The van der Waals surface area contributed by atoms with E-state index < -0.39 is 7.60 Å². The number of benzene rings is 3. The van der Waals surface area contributed by atoms with E-state index in [0.717, 1.165) is 0 Å². The number of nitrogens with zero attached hydrogens (tertiary/aromatic N) is 1. The van der Waals surface area contributed by atoms with Gasteiger partial charge in [-0.25, -0.2) is 4.57 Å². The highest BCUT2D eigenvalue weighted by Gasteiger charge is 2.32. The number of rotatable bonds is 9. The van der Waals surface area contributed by atoms with Gasteiger partial charge in [-0.1, -0.05) is 54.6 Å². The molecule has 5 nitrogen and oxygen atoms in total. The Morgan fingerprint density at radius 3 is 1.66 bits per heavy atom. The van der Waals surface area contributed by atoms with Gasteiger partial charge in [0.25, 0.3) is 5.91 Å². The Labute approximate surface area is 190 Å². The Hall–Kier alpha value is -3.04. The highest BCUT2D eigenvalue weighted by atomic mass is 31.2. The minimum atomic E-state index is -3.70.